The van der Waals surface area contributed by atoms with Gasteiger partial charge in [0.2, 0.25) is 6.79 Å². The lowest BCUT2D eigenvalue weighted by molar-refractivity contribution is -0.188. The highest BCUT2D eigenvalue weighted by molar-refractivity contribution is 5.82. The van der Waals surface area contributed by atoms with E-state index in [4.69, 9.17) is 14.2 Å². The normalized spacial score (nSPS) is 17.8. The van der Waals surface area contributed by atoms with Crippen molar-refractivity contribution in [3.63, 3.8) is 0 Å². The largest absolute Gasteiger partial charge is 0.504 e. The molecular formula is C20H18F3NO5. The first kappa shape index (κ1) is 19.2. The van der Waals surface area contributed by atoms with E-state index in [1.165, 1.54) is 13.2 Å². The number of phenolic OH excluding ortho intramolecular Hbond substituents is 1. The maximum atomic E-state index is 13.2. The second-order valence-corrected chi connectivity index (χ2v) is 6.88. The van der Waals surface area contributed by atoms with Gasteiger partial charge >= 0.3 is 12.1 Å². The molecule has 2 aliphatic heterocycles. The van der Waals surface area contributed by atoms with Crippen LogP contribution < -0.4 is 14.2 Å². The maximum Gasteiger partial charge on any atom is 0.471 e. The SMILES string of the molecule is COc1cc2c(cc1O)C(Cc1ccc3c(c1)OCO3)N(C(=O)C(F)(F)F)CC2. The van der Waals surface area contributed by atoms with Gasteiger partial charge in [0.05, 0.1) is 13.2 Å². The number of ether oxygens (including phenoxy) is 3. The Morgan fingerprint density at radius 3 is 2.72 bits per heavy atom. The molecule has 2 aliphatic rings. The molecule has 1 N–H and O–H groups in total. The molecule has 0 saturated heterocycles. The lowest BCUT2D eigenvalue weighted by Crippen LogP contribution is -2.47. The first-order valence-electron chi connectivity index (χ1n) is 8.94. The Labute approximate surface area is 164 Å². The third-order valence-corrected chi connectivity index (χ3v) is 5.17. The van der Waals surface area contributed by atoms with Gasteiger partial charge in [-0.05, 0) is 53.8 Å². The number of halogens is 3. The van der Waals surface area contributed by atoms with Crippen molar-refractivity contribution in [3.8, 4) is 23.0 Å². The molecule has 6 nitrogen and oxygen atoms in total. The summed E-state index contributed by atoms with van der Waals surface area (Å²) in [5, 5.41) is 10.2. The van der Waals surface area contributed by atoms with Gasteiger partial charge in [0.1, 0.15) is 0 Å². The number of alkyl halides is 3. The average molecular weight is 409 g/mol. The number of methoxy groups -OCH3 is 1. The van der Waals surface area contributed by atoms with Crippen molar-refractivity contribution in [1.29, 1.82) is 0 Å². The van der Waals surface area contributed by atoms with Crippen LogP contribution in [0.5, 0.6) is 23.0 Å². The van der Waals surface area contributed by atoms with Crippen LogP contribution in [-0.2, 0) is 17.6 Å². The average Bonchev–Trinajstić information content (AvgIpc) is 3.14. The van der Waals surface area contributed by atoms with Crippen LogP contribution in [0.25, 0.3) is 0 Å². The number of aromatic hydroxyl groups is 1. The first-order chi connectivity index (χ1) is 13.8. The molecule has 154 valence electrons. The van der Waals surface area contributed by atoms with Gasteiger partial charge in [-0.2, -0.15) is 13.2 Å². The van der Waals surface area contributed by atoms with E-state index in [0.29, 0.717) is 22.6 Å². The molecular weight excluding hydrogens is 391 g/mol. The zero-order chi connectivity index (χ0) is 20.8. The fourth-order valence-electron chi connectivity index (χ4n) is 3.80. The smallest absolute Gasteiger partial charge is 0.471 e. The third kappa shape index (κ3) is 3.52. The zero-order valence-corrected chi connectivity index (χ0v) is 15.5. The number of hydrogen-bond acceptors (Lipinski definition) is 5. The first-order valence-corrected chi connectivity index (χ1v) is 8.94. The predicted molar refractivity (Wildman–Crippen MR) is 95.1 cm³/mol. The molecule has 2 heterocycles. The minimum Gasteiger partial charge on any atom is -0.504 e. The van der Waals surface area contributed by atoms with Crippen LogP contribution >= 0.6 is 0 Å². The number of carbonyl (C=O) groups excluding carboxylic acids is 1. The van der Waals surface area contributed by atoms with E-state index in [0.717, 1.165) is 10.5 Å². The van der Waals surface area contributed by atoms with Crippen molar-refractivity contribution >= 4 is 5.91 Å². The Morgan fingerprint density at radius 1 is 1.24 bits per heavy atom. The predicted octanol–water partition coefficient (Wildman–Crippen LogP) is 3.36. The van der Waals surface area contributed by atoms with Crippen LogP contribution in [0.4, 0.5) is 13.2 Å². The van der Waals surface area contributed by atoms with E-state index in [2.05, 4.69) is 0 Å². The summed E-state index contributed by atoms with van der Waals surface area (Å²) in [6, 6.07) is 7.18. The molecule has 0 radical (unpaired) electrons. The summed E-state index contributed by atoms with van der Waals surface area (Å²) in [6.45, 7) is -0.00804. The van der Waals surface area contributed by atoms with Crippen molar-refractivity contribution in [3.05, 3.63) is 47.0 Å². The standard InChI is InChI=1S/C20H18F3NO5/c1-27-17-8-12-4-5-24(19(26)20(21,22)23)14(13(12)9-15(17)25)6-11-2-3-16-18(7-11)29-10-28-16/h2-3,7-9,14,25H,4-6,10H2,1H3. The van der Waals surface area contributed by atoms with Crippen LogP contribution in [0, 0.1) is 0 Å². The highest BCUT2D eigenvalue weighted by Gasteiger charge is 2.46. The Balaban J connectivity index is 1.74. The minimum atomic E-state index is -4.99. The quantitative estimate of drug-likeness (QED) is 0.842. The van der Waals surface area contributed by atoms with Crippen molar-refractivity contribution < 1.29 is 37.3 Å². The lowest BCUT2D eigenvalue weighted by Gasteiger charge is -2.38. The molecule has 2 aromatic rings. The van der Waals surface area contributed by atoms with Gasteiger partial charge in [-0.1, -0.05) is 6.07 Å². The van der Waals surface area contributed by atoms with E-state index < -0.39 is 18.1 Å². The third-order valence-electron chi connectivity index (χ3n) is 5.17. The van der Waals surface area contributed by atoms with E-state index in [1.807, 2.05) is 0 Å². The maximum absolute atomic E-state index is 13.2. The zero-order valence-electron chi connectivity index (χ0n) is 15.5. The van der Waals surface area contributed by atoms with Gasteiger partial charge in [0.25, 0.3) is 0 Å². The van der Waals surface area contributed by atoms with Crippen LogP contribution in [0.2, 0.25) is 0 Å². The highest BCUT2D eigenvalue weighted by atomic mass is 19.4. The van der Waals surface area contributed by atoms with Crippen molar-refractivity contribution in [2.24, 2.45) is 0 Å². The van der Waals surface area contributed by atoms with Crippen molar-refractivity contribution in [1.82, 2.24) is 4.90 Å². The molecule has 0 spiro atoms. The highest BCUT2D eigenvalue weighted by Crippen LogP contribution is 2.41. The van der Waals surface area contributed by atoms with Gasteiger partial charge in [-0.25, -0.2) is 0 Å². The molecule has 4 rings (SSSR count). The number of nitrogens with zero attached hydrogens (tertiary/aromatic N) is 1. The molecule has 0 fully saturated rings. The van der Waals surface area contributed by atoms with E-state index >= 15 is 0 Å². The van der Waals surface area contributed by atoms with E-state index in [9.17, 15) is 23.1 Å². The van der Waals surface area contributed by atoms with Crippen LogP contribution in [0.3, 0.4) is 0 Å². The molecule has 0 bridgehead atoms. The monoisotopic (exact) mass is 409 g/mol. The number of amides is 1. The van der Waals surface area contributed by atoms with Gasteiger partial charge in [0, 0.05) is 6.54 Å². The summed E-state index contributed by atoms with van der Waals surface area (Å²) in [6.07, 6.45) is -4.64. The van der Waals surface area contributed by atoms with Gasteiger partial charge < -0.3 is 24.2 Å². The Bertz CT molecular complexity index is 960. The second-order valence-electron chi connectivity index (χ2n) is 6.88. The van der Waals surface area contributed by atoms with E-state index in [-0.39, 0.29) is 37.7 Å². The number of fused-ring (bicyclic) bond motifs is 2. The Morgan fingerprint density at radius 2 is 2.00 bits per heavy atom. The molecule has 1 unspecified atom stereocenters. The number of carbonyl (C=O) groups is 1. The van der Waals surface area contributed by atoms with Crippen LogP contribution in [-0.4, -0.2) is 42.5 Å². The van der Waals surface area contributed by atoms with Crippen LogP contribution in [0.1, 0.15) is 22.7 Å². The van der Waals surface area contributed by atoms with Crippen LogP contribution in [0.15, 0.2) is 30.3 Å². The van der Waals surface area contributed by atoms with Gasteiger partial charge in [-0.15, -0.1) is 0 Å². The molecule has 1 amide bonds. The molecule has 1 atom stereocenters. The summed E-state index contributed by atoms with van der Waals surface area (Å²) in [5.74, 6) is -0.790. The number of phenols is 1. The summed E-state index contributed by atoms with van der Waals surface area (Å²) in [7, 11) is 1.40. The fraction of sp³-hybridized carbons (Fsp3) is 0.350. The molecule has 29 heavy (non-hydrogen) atoms. The number of rotatable bonds is 3. The fourth-order valence-corrected chi connectivity index (χ4v) is 3.80. The summed E-state index contributed by atoms with van der Waals surface area (Å²) >= 11 is 0. The minimum absolute atomic E-state index is 0.0808. The summed E-state index contributed by atoms with van der Waals surface area (Å²) < 4.78 is 55.3. The van der Waals surface area contributed by atoms with Gasteiger partial charge in [-0.3, -0.25) is 4.79 Å². The molecule has 0 aliphatic carbocycles. The second kappa shape index (κ2) is 7.06. The molecule has 2 aromatic carbocycles. The molecule has 0 aromatic heterocycles. The Hall–Kier alpha value is -3.10. The molecule has 0 saturated carbocycles. The summed E-state index contributed by atoms with van der Waals surface area (Å²) in [4.78, 5) is 12.9. The number of benzene rings is 2. The van der Waals surface area contributed by atoms with E-state index in [1.54, 1.807) is 24.3 Å². The van der Waals surface area contributed by atoms with Gasteiger partial charge in [0.15, 0.2) is 23.0 Å². The lowest BCUT2D eigenvalue weighted by atomic mass is 9.88. The number of hydrogen-bond donors (Lipinski definition) is 1. The van der Waals surface area contributed by atoms with Crippen molar-refractivity contribution in [2.45, 2.75) is 25.1 Å². The van der Waals surface area contributed by atoms with Crippen molar-refractivity contribution in [2.75, 3.05) is 20.4 Å². The molecule has 9 heteroatoms. The Kier molecular flexibility index (Phi) is 4.68. The topological polar surface area (TPSA) is 68.2 Å². The summed E-state index contributed by atoms with van der Waals surface area (Å²) in [5.41, 5.74) is 1.88.